The van der Waals surface area contributed by atoms with Crippen molar-refractivity contribution in [2.45, 2.75) is 44.8 Å². The SMILES string of the molecule is CC1(C)CCc2cc(C[C@H]3OC(=O)C(O)=C3c3ccc(O)cc3)ccc2O1. The third-order valence-corrected chi connectivity index (χ3v) is 5.13. The number of aliphatic hydroxyl groups is 1. The van der Waals surface area contributed by atoms with Crippen LogP contribution in [0.1, 0.15) is 37.0 Å². The highest BCUT2D eigenvalue weighted by atomic mass is 16.6. The number of phenolic OH excluding ortho intramolecular Hbond substituents is 1. The summed E-state index contributed by atoms with van der Waals surface area (Å²) in [5, 5.41) is 19.7. The zero-order chi connectivity index (χ0) is 19.2. The number of carbonyl (C=O) groups excluding carboxylic acids is 1. The van der Waals surface area contributed by atoms with Crippen LogP contribution in [0.3, 0.4) is 0 Å². The molecule has 1 atom stereocenters. The summed E-state index contributed by atoms with van der Waals surface area (Å²) in [4.78, 5) is 11.9. The predicted octanol–water partition coefficient (Wildman–Crippen LogP) is 3.93. The van der Waals surface area contributed by atoms with E-state index in [1.54, 1.807) is 12.1 Å². The smallest absolute Gasteiger partial charge is 0.374 e. The minimum Gasteiger partial charge on any atom is -0.508 e. The Kier molecular flexibility index (Phi) is 4.10. The number of rotatable bonds is 3. The number of cyclic esters (lactones) is 1. The number of carbonyl (C=O) groups is 1. The van der Waals surface area contributed by atoms with Crippen molar-refractivity contribution >= 4 is 11.5 Å². The summed E-state index contributed by atoms with van der Waals surface area (Å²) < 4.78 is 11.4. The lowest BCUT2D eigenvalue weighted by molar-refractivity contribution is -0.141. The minimum atomic E-state index is -0.717. The Balaban J connectivity index is 1.60. The Morgan fingerprint density at radius 3 is 2.59 bits per heavy atom. The Hall–Kier alpha value is -2.95. The molecule has 2 aromatic carbocycles. The Morgan fingerprint density at radius 1 is 1.11 bits per heavy atom. The van der Waals surface area contributed by atoms with Crippen LogP contribution in [0.2, 0.25) is 0 Å². The molecule has 140 valence electrons. The van der Waals surface area contributed by atoms with Gasteiger partial charge in [-0.2, -0.15) is 0 Å². The fraction of sp³-hybridized carbons (Fsp3) is 0.318. The summed E-state index contributed by atoms with van der Waals surface area (Å²) in [5.41, 5.74) is 3.12. The van der Waals surface area contributed by atoms with Crippen molar-refractivity contribution in [1.29, 1.82) is 0 Å². The summed E-state index contributed by atoms with van der Waals surface area (Å²) in [6.07, 6.45) is 1.78. The molecule has 0 radical (unpaired) electrons. The van der Waals surface area contributed by atoms with Gasteiger partial charge in [-0.25, -0.2) is 4.79 Å². The van der Waals surface area contributed by atoms with E-state index in [1.165, 1.54) is 12.1 Å². The average Bonchev–Trinajstić information content (AvgIpc) is 2.89. The maximum absolute atomic E-state index is 11.9. The van der Waals surface area contributed by atoms with Gasteiger partial charge in [0, 0.05) is 12.0 Å². The van der Waals surface area contributed by atoms with E-state index in [-0.39, 0.29) is 17.1 Å². The summed E-state index contributed by atoms with van der Waals surface area (Å²) >= 11 is 0. The number of benzene rings is 2. The van der Waals surface area contributed by atoms with Gasteiger partial charge in [0.2, 0.25) is 5.76 Å². The summed E-state index contributed by atoms with van der Waals surface area (Å²) in [6.45, 7) is 4.17. The Morgan fingerprint density at radius 2 is 1.85 bits per heavy atom. The van der Waals surface area contributed by atoms with Crippen molar-refractivity contribution in [2.24, 2.45) is 0 Å². The fourth-order valence-corrected chi connectivity index (χ4v) is 3.67. The van der Waals surface area contributed by atoms with E-state index in [0.717, 1.165) is 29.7 Å². The molecule has 0 aromatic heterocycles. The van der Waals surface area contributed by atoms with Gasteiger partial charge in [-0.15, -0.1) is 0 Å². The van der Waals surface area contributed by atoms with E-state index in [9.17, 15) is 15.0 Å². The van der Waals surface area contributed by atoms with Crippen molar-refractivity contribution < 1.29 is 24.5 Å². The van der Waals surface area contributed by atoms with Crippen LogP contribution in [0.4, 0.5) is 0 Å². The third kappa shape index (κ3) is 3.37. The average molecular weight is 366 g/mol. The highest BCUT2D eigenvalue weighted by Gasteiger charge is 2.35. The third-order valence-electron chi connectivity index (χ3n) is 5.13. The van der Waals surface area contributed by atoms with E-state index >= 15 is 0 Å². The first-order chi connectivity index (χ1) is 12.8. The number of fused-ring (bicyclic) bond motifs is 1. The van der Waals surface area contributed by atoms with Crippen molar-refractivity contribution in [3.63, 3.8) is 0 Å². The van der Waals surface area contributed by atoms with Crippen LogP contribution in [0, 0.1) is 0 Å². The van der Waals surface area contributed by atoms with Gasteiger partial charge >= 0.3 is 5.97 Å². The second kappa shape index (κ2) is 6.34. The lowest BCUT2D eigenvalue weighted by Gasteiger charge is -2.32. The Bertz CT molecular complexity index is 924. The molecule has 0 saturated heterocycles. The van der Waals surface area contributed by atoms with E-state index in [0.29, 0.717) is 17.6 Å². The number of hydrogen-bond acceptors (Lipinski definition) is 5. The predicted molar refractivity (Wildman–Crippen MR) is 101 cm³/mol. The van der Waals surface area contributed by atoms with Crippen LogP contribution in [0.5, 0.6) is 11.5 Å². The first-order valence-electron chi connectivity index (χ1n) is 9.07. The first kappa shape index (κ1) is 17.5. The van der Waals surface area contributed by atoms with Gasteiger partial charge in [-0.3, -0.25) is 0 Å². The van der Waals surface area contributed by atoms with Crippen molar-refractivity contribution in [2.75, 3.05) is 0 Å². The molecule has 2 aliphatic heterocycles. The van der Waals surface area contributed by atoms with Crippen LogP contribution in [0.25, 0.3) is 5.57 Å². The minimum absolute atomic E-state index is 0.123. The fourth-order valence-electron chi connectivity index (χ4n) is 3.67. The molecule has 5 nitrogen and oxygen atoms in total. The van der Waals surface area contributed by atoms with Crippen LogP contribution >= 0.6 is 0 Å². The van der Waals surface area contributed by atoms with Crippen molar-refractivity contribution in [3.05, 3.63) is 64.9 Å². The molecule has 0 saturated carbocycles. The molecule has 4 rings (SSSR count). The highest BCUT2D eigenvalue weighted by Crippen LogP contribution is 2.36. The maximum atomic E-state index is 11.9. The number of hydrogen-bond donors (Lipinski definition) is 2. The van der Waals surface area contributed by atoms with E-state index < -0.39 is 12.1 Å². The summed E-state index contributed by atoms with van der Waals surface area (Å²) in [5.74, 6) is -0.0614. The molecule has 2 heterocycles. The molecular weight excluding hydrogens is 344 g/mol. The maximum Gasteiger partial charge on any atom is 0.374 e. The standard InChI is InChI=1S/C22H22O5/c1-22(2)10-9-15-11-13(3-8-17(15)27-22)12-18-19(20(24)21(25)26-18)14-4-6-16(23)7-5-14/h3-8,11,18,23-24H,9-10,12H2,1-2H3/t18-/m1/s1. The molecule has 27 heavy (non-hydrogen) atoms. The number of aryl methyl sites for hydroxylation is 1. The van der Waals surface area contributed by atoms with Crippen LogP contribution in [-0.2, 0) is 22.4 Å². The summed E-state index contributed by atoms with van der Waals surface area (Å²) in [7, 11) is 0. The second-order valence-corrected chi connectivity index (χ2v) is 7.71. The van der Waals surface area contributed by atoms with Gasteiger partial charge in [0.1, 0.15) is 23.2 Å². The summed E-state index contributed by atoms with van der Waals surface area (Å²) in [6, 6.07) is 12.4. The number of aliphatic hydroxyl groups excluding tert-OH is 1. The molecule has 2 aliphatic rings. The van der Waals surface area contributed by atoms with Gasteiger partial charge < -0.3 is 19.7 Å². The lowest BCUT2D eigenvalue weighted by Crippen LogP contribution is -2.32. The van der Waals surface area contributed by atoms with E-state index in [1.807, 2.05) is 12.1 Å². The van der Waals surface area contributed by atoms with Gasteiger partial charge in [0.15, 0.2) is 0 Å². The largest absolute Gasteiger partial charge is 0.508 e. The van der Waals surface area contributed by atoms with Gasteiger partial charge in [0.05, 0.1) is 0 Å². The van der Waals surface area contributed by atoms with E-state index in [4.69, 9.17) is 9.47 Å². The Labute approximate surface area is 157 Å². The number of esters is 1. The molecule has 2 N–H and O–H groups in total. The monoisotopic (exact) mass is 366 g/mol. The van der Waals surface area contributed by atoms with E-state index in [2.05, 4.69) is 19.9 Å². The molecule has 0 spiro atoms. The second-order valence-electron chi connectivity index (χ2n) is 7.71. The van der Waals surface area contributed by atoms with Crippen LogP contribution in [0.15, 0.2) is 48.2 Å². The van der Waals surface area contributed by atoms with Crippen LogP contribution < -0.4 is 4.74 Å². The number of aromatic hydroxyl groups is 1. The zero-order valence-electron chi connectivity index (χ0n) is 15.4. The van der Waals surface area contributed by atoms with Gasteiger partial charge in [-0.1, -0.05) is 24.3 Å². The molecule has 0 aliphatic carbocycles. The molecular formula is C22H22O5. The molecule has 5 heteroatoms. The first-order valence-corrected chi connectivity index (χ1v) is 9.07. The number of phenols is 1. The topological polar surface area (TPSA) is 76.0 Å². The van der Waals surface area contributed by atoms with Crippen molar-refractivity contribution in [1.82, 2.24) is 0 Å². The normalized spacial score (nSPS) is 20.8. The quantitative estimate of drug-likeness (QED) is 0.805. The van der Waals surface area contributed by atoms with Gasteiger partial charge in [0.25, 0.3) is 0 Å². The molecule has 0 bridgehead atoms. The van der Waals surface area contributed by atoms with Crippen molar-refractivity contribution in [3.8, 4) is 11.5 Å². The lowest BCUT2D eigenvalue weighted by atomic mass is 9.91. The van der Waals surface area contributed by atoms with Gasteiger partial charge in [-0.05, 0) is 61.6 Å². The molecule has 0 unspecified atom stereocenters. The molecule has 2 aromatic rings. The molecule has 0 fully saturated rings. The van der Waals surface area contributed by atoms with Crippen LogP contribution in [-0.4, -0.2) is 27.9 Å². The zero-order valence-corrected chi connectivity index (χ0v) is 15.4. The highest BCUT2D eigenvalue weighted by molar-refractivity contribution is 6.00. The number of ether oxygens (including phenoxy) is 2. The molecule has 0 amide bonds.